The monoisotopic (exact) mass is 308 g/mol. The maximum Gasteiger partial charge on any atom is 0.273 e. The molecule has 0 fully saturated rings. The van der Waals surface area contributed by atoms with Gasteiger partial charge < -0.3 is 4.57 Å². The summed E-state index contributed by atoms with van der Waals surface area (Å²) in [6, 6.07) is 4.95. The van der Waals surface area contributed by atoms with Crippen LogP contribution in [0.25, 0.3) is 11.4 Å². The van der Waals surface area contributed by atoms with Gasteiger partial charge in [-0.2, -0.15) is 0 Å². The van der Waals surface area contributed by atoms with E-state index in [0.717, 1.165) is 0 Å². The molecule has 0 spiro atoms. The Labute approximate surface area is 127 Å². The molecule has 1 aromatic carbocycles. The number of hydrogen-bond donors (Lipinski definition) is 0. The zero-order chi connectivity index (χ0) is 15.8. The molecule has 0 amide bonds. The van der Waals surface area contributed by atoms with Crippen molar-refractivity contribution < 1.29 is 4.92 Å². The molecule has 0 saturated heterocycles. The molecule has 0 aliphatic carbocycles. The van der Waals surface area contributed by atoms with Gasteiger partial charge in [0.15, 0.2) is 5.82 Å². The molecular formula is C14H17ClN4O2. The lowest BCUT2D eigenvalue weighted by Crippen LogP contribution is -2.25. The molecule has 0 saturated carbocycles. The van der Waals surface area contributed by atoms with E-state index in [1.807, 2.05) is 31.4 Å². The number of alkyl halides is 1. The Hall–Kier alpha value is -1.95. The summed E-state index contributed by atoms with van der Waals surface area (Å²) < 4.78 is 1.92. The maximum absolute atomic E-state index is 11.1. The van der Waals surface area contributed by atoms with Crippen molar-refractivity contribution in [3.8, 4) is 11.4 Å². The average molecular weight is 309 g/mol. The first-order valence-electron chi connectivity index (χ1n) is 6.52. The highest BCUT2D eigenvalue weighted by molar-refractivity contribution is 6.16. The lowest BCUT2D eigenvalue weighted by atomic mass is 10.0. The topological polar surface area (TPSA) is 73.8 Å². The molecule has 0 unspecified atom stereocenters. The SMILES string of the molecule is Cc1c(-c2nnc(CCl)n2C(C)(C)C)cccc1[N+](=O)[O-]. The smallest absolute Gasteiger partial charge is 0.273 e. The molecule has 2 rings (SSSR count). The van der Waals surface area contributed by atoms with Crippen LogP contribution in [-0.2, 0) is 11.4 Å². The van der Waals surface area contributed by atoms with Crippen molar-refractivity contribution in [1.82, 2.24) is 14.8 Å². The summed E-state index contributed by atoms with van der Waals surface area (Å²) in [4.78, 5) is 10.7. The van der Waals surface area contributed by atoms with Gasteiger partial charge >= 0.3 is 0 Å². The molecule has 0 aliphatic heterocycles. The Bertz CT molecular complexity index is 689. The lowest BCUT2D eigenvalue weighted by molar-refractivity contribution is -0.385. The van der Waals surface area contributed by atoms with Crippen molar-refractivity contribution in [3.63, 3.8) is 0 Å². The van der Waals surface area contributed by atoms with E-state index in [1.165, 1.54) is 6.07 Å². The lowest BCUT2D eigenvalue weighted by Gasteiger charge is -2.25. The number of halogens is 1. The van der Waals surface area contributed by atoms with Crippen molar-refractivity contribution in [2.75, 3.05) is 0 Å². The first kappa shape index (κ1) is 15.4. The molecule has 112 valence electrons. The van der Waals surface area contributed by atoms with Crippen LogP contribution in [0.4, 0.5) is 5.69 Å². The van der Waals surface area contributed by atoms with Gasteiger partial charge in [-0.3, -0.25) is 10.1 Å². The van der Waals surface area contributed by atoms with Crippen molar-refractivity contribution in [2.45, 2.75) is 39.1 Å². The van der Waals surface area contributed by atoms with E-state index < -0.39 is 0 Å². The number of aromatic nitrogens is 3. The molecule has 0 N–H and O–H groups in total. The fourth-order valence-corrected chi connectivity index (χ4v) is 2.52. The number of nitro benzene ring substituents is 1. The highest BCUT2D eigenvalue weighted by Gasteiger charge is 2.26. The number of hydrogen-bond acceptors (Lipinski definition) is 4. The van der Waals surface area contributed by atoms with Crippen LogP contribution in [-0.4, -0.2) is 19.7 Å². The van der Waals surface area contributed by atoms with Gasteiger partial charge in [-0.15, -0.1) is 21.8 Å². The standard InChI is InChI=1S/C14H17ClN4O2/c1-9-10(6-5-7-11(9)19(20)21)13-17-16-12(8-15)18(13)14(2,3)4/h5-7H,8H2,1-4H3. The van der Waals surface area contributed by atoms with E-state index in [0.29, 0.717) is 22.8 Å². The van der Waals surface area contributed by atoms with Crippen LogP contribution in [0.3, 0.4) is 0 Å². The second-order valence-electron chi connectivity index (χ2n) is 5.79. The van der Waals surface area contributed by atoms with E-state index in [4.69, 9.17) is 11.6 Å². The molecular weight excluding hydrogens is 292 g/mol. The van der Waals surface area contributed by atoms with Gasteiger partial charge in [-0.1, -0.05) is 12.1 Å². The minimum atomic E-state index is -0.390. The summed E-state index contributed by atoms with van der Waals surface area (Å²) >= 11 is 5.93. The Morgan fingerprint density at radius 2 is 2.00 bits per heavy atom. The Morgan fingerprint density at radius 1 is 1.33 bits per heavy atom. The Morgan fingerprint density at radius 3 is 2.52 bits per heavy atom. The van der Waals surface area contributed by atoms with Crippen LogP contribution in [0.2, 0.25) is 0 Å². The predicted molar refractivity (Wildman–Crippen MR) is 81.4 cm³/mol. The van der Waals surface area contributed by atoms with Crippen LogP contribution in [0.1, 0.15) is 32.2 Å². The van der Waals surface area contributed by atoms with Crippen molar-refractivity contribution in [2.24, 2.45) is 0 Å². The molecule has 0 radical (unpaired) electrons. The van der Waals surface area contributed by atoms with E-state index in [9.17, 15) is 10.1 Å². The van der Waals surface area contributed by atoms with Gasteiger partial charge in [-0.25, -0.2) is 0 Å². The van der Waals surface area contributed by atoms with Gasteiger partial charge in [0.05, 0.1) is 10.8 Å². The predicted octanol–water partition coefficient (Wildman–Crippen LogP) is 3.66. The van der Waals surface area contributed by atoms with E-state index >= 15 is 0 Å². The van der Waals surface area contributed by atoms with Crippen LogP contribution >= 0.6 is 11.6 Å². The van der Waals surface area contributed by atoms with Gasteiger partial charge in [0, 0.05) is 22.7 Å². The average Bonchev–Trinajstić information content (AvgIpc) is 2.82. The third-order valence-electron chi connectivity index (χ3n) is 3.26. The van der Waals surface area contributed by atoms with Crippen molar-refractivity contribution in [3.05, 3.63) is 39.7 Å². The molecule has 1 aromatic heterocycles. The molecule has 21 heavy (non-hydrogen) atoms. The van der Waals surface area contributed by atoms with Crippen molar-refractivity contribution in [1.29, 1.82) is 0 Å². The molecule has 0 aliphatic rings. The van der Waals surface area contributed by atoms with E-state index in [-0.39, 0.29) is 22.0 Å². The minimum absolute atomic E-state index is 0.0726. The van der Waals surface area contributed by atoms with Gasteiger partial charge in [0.1, 0.15) is 5.82 Å². The normalized spacial score (nSPS) is 11.7. The summed E-state index contributed by atoms with van der Waals surface area (Å²) in [7, 11) is 0. The Balaban J connectivity index is 2.72. The van der Waals surface area contributed by atoms with Crippen molar-refractivity contribution >= 4 is 17.3 Å². The second-order valence-corrected chi connectivity index (χ2v) is 6.05. The summed E-state index contributed by atoms with van der Waals surface area (Å²) in [5.74, 6) is 1.47. The number of benzene rings is 1. The maximum atomic E-state index is 11.1. The van der Waals surface area contributed by atoms with Gasteiger partial charge in [0.2, 0.25) is 0 Å². The molecule has 1 heterocycles. The fourth-order valence-electron chi connectivity index (χ4n) is 2.35. The molecule has 7 heteroatoms. The number of rotatable bonds is 3. The third kappa shape index (κ3) is 2.76. The van der Waals surface area contributed by atoms with Gasteiger partial charge in [-0.05, 0) is 27.7 Å². The first-order chi connectivity index (χ1) is 9.77. The molecule has 0 atom stereocenters. The van der Waals surface area contributed by atoms with E-state index in [1.54, 1.807) is 13.0 Å². The van der Waals surface area contributed by atoms with Crippen LogP contribution in [0.15, 0.2) is 18.2 Å². The van der Waals surface area contributed by atoms with Crippen LogP contribution in [0.5, 0.6) is 0 Å². The summed E-state index contributed by atoms with van der Waals surface area (Å²) in [5, 5.41) is 19.4. The molecule has 0 bridgehead atoms. The summed E-state index contributed by atoms with van der Waals surface area (Å²) in [6.45, 7) is 7.77. The zero-order valence-corrected chi connectivity index (χ0v) is 13.2. The first-order valence-corrected chi connectivity index (χ1v) is 7.06. The van der Waals surface area contributed by atoms with Crippen LogP contribution in [0, 0.1) is 17.0 Å². The second kappa shape index (κ2) is 5.44. The minimum Gasteiger partial charge on any atom is -0.305 e. The zero-order valence-electron chi connectivity index (χ0n) is 12.4. The Kier molecular flexibility index (Phi) is 4.00. The quantitative estimate of drug-likeness (QED) is 0.493. The third-order valence-corrected chi connectivity index (χ3v) is 3.50. The molecule has 6 nitrogen and oxygen atoms in total. The summed E-state index contributed by atoms with van der Waals surface area (Å²) in [5.41, 5.74) is 1.06. The van der Waals surface area contributed by atoms with Crippen LogP contribution < -0.4 is 0 Å². The molecule has 2 aromatic rings. The highest BCUT2D eigenvalue weighted by Crippen LogP contribution is 2.32. The van der Waals surface area contributed by atoms with Gasteiger partial charge in [0.25, 0.3) is 5.69 Å². The number of nitro groups is 1. The largest absolute Gasteiger partial charge is 0.305 e. The fraction of sp³-hybridized carbons (Fsp3) is 0.429. The van der Waals surface area contributed by atoms with E-state index in [2.05, 4.69) is 10.2 Å². The summed E-state index contributed by atoms with van der Waals surface area (Å²) in [6.07, 6.45) is 0. The number of nitrogens with zero attached hydrogens (tertiary/aromatic N) is 4. The highest BCUT2D eigenvalue weighted by atomic mass is 35.5.